The Kier molecular flexibility index (Phi) is 3.28. The lowest BCUT2D eigenvalue weighted by Crippen LogP contribution is -2.22. The first-order valence-corrected chi connectivity index (χ1v) is 4.41. The number of hydrogen-bond donors (Lipinski definition) is 1. The fraction of sp³-hybridized carbons (Fsp3) is 0.375. The van der Waals surface area contributed by atoms with Crippen molar-refractivity contribution in [2.75, 3.05) is 0 Å². The lowest BCUT2D eigenvalue weighted by Gasteiger charge is -2.11. The Labute approximate surface area is 87.8 Å². The summed E-state index contributed by atoms with van der Waals surface area (Å²) in [6, 6.07) is 1.26. The SMILES string of the molecule is Cc1cc(CCl)c(=O)[nH]c1OC(F)(F)F. The minimum absolute atomic E-state index is 0.0670. The molecule has 1 N–H and O–H groups in total. The van der Waals surface area contributed by atoms with Crippen LogP contribution in [0.25, 0.3) is 0 Å². The number of rotatable bonds is 2. The van der Waals surface area contributed by atoms with E-state index in [9.17, 15) is 18.0 Å². The molecule has 7 heteroatoms. The maximum Gasteiger partial charge on any atom is 0.574 e. The number of aromatic amines is 1. The third kappa shape index (κ3) is 3.16. The van der Waals surface area contributed by atoms with Crippen molar-refractivity contribution in [1.29, 1.82) is 0 Å². The van der Waals surface area contributed by atoms with E-state index in [1.807, 2.05) is 4.98 Å². The zero-order chi connectivity index (χ0) is 11.6. The van der Waals surface area contributed by atoms with Crippen LogP contribution in [-0.4, -0.2) is 11.3 Å². The number of H-pyrrole nitrogens is 1. The van der Waals surface area contributed by atoms with Gasteiger partial charge in [-0.2, -0.15) is 0 Å². The van der Waals surface area contributed by atoms with Crippen molar-refractivity contribution in [2.45, 2.75) is 19.2 Å². The molecule has 0 aliphatic heterocycles. The average Bonchev–Trinajstić information content (AvgIpc) is 2.08. The molecule has 1 rings (SSSR count). The summed E-state index contributed by atoms with van der Waals surface area (Å²) in [6.45, 7) is 1.38. The van der Waals surface area contributed by atoms with Gasteiger partial charge in [0, 0.05) is 11.1 Å². The second kappa shape index (κ2) is 4.14. The number of ether oxygens (including phenoxy) is 1. The second-order valence-corrected chi connectivity index (χ2v) is 3.08. The van der Waals surface area contributed by atoms with Gasteiger partial charge in [-0.3, -0.25) is 9.78 Å². The minimum atomic E-state index is -4.82. The number of hydrogen-bond acceptors (Lipinski definition) is 2. The highest BCUT2D eigenvalue weighted by Gasteiger charge is 2.32. The van der Waals surface area contributed by atoms with Crippen LogP contribution in [0.2, 0.25) is 0 Å². The lowest BCUT2D eigenvalue weighted by atomic mass is 10.2. The zero-order valence-corrected chi connectivity index (χ0v) is 8.37. The van der Waals surface area contributed by atoms with E-state index in [1.165, 1.54) is 13.0 Å². The maximum atomic E-state index is 11.9. The van der Waals surface area contributed by atoms with Crippen LogP contribution in [0.5, 0.6) is 5.88 Å². The lowest BCUT2D eigenvalue weighted by molar-refractivity contribution is -0.276. The first-order valence-electron chi connectivity index (χ1n) is 3.88. The summed E-state index contributed by atoms with van der Waals surface area (Å²) in [5.74, 6) is -0.677. The van der Waals surface area contributed by atoms with E-state index < -0.39 is 17.8 Å². The van der Waals surface area contributed by atoms with Crippen LogP contribution in [0.1, 0.15) is 11.1 Å². The van der Waals surface area contributed by atoms with E-state index >= 15 is 0 Å². The van der Waals surface area contributed by atoms with Gasteiger partial charge in [-0.25, -0.2) is 0 Å². The largest absolute Gasteiger partial charge is 0.574 e. The van der Waals surface area contributed by atoms with Crippen molar-refractivity contribution in [1.82, 2.24) is 4.98 Å². The second-order valence-electron chi connectivity index (χ2n) is 2.82. The number of halogens is 4. The van der Waals surface area contributed by atoms with E-state index in [1.54, 1.807) is 0 Å². The van der Waals surface area contributed by atoms with Gasteiger partial charge in [-0.05, 0) is 13.0 Å². The predicted molar refractivity (Wildman–Crippen MR) is 48.0 cm³/mol. The predicted octanol–water partition coefficient (Wildman–Crippen LogP) is 2.32. The average molecular weight is 242 g/mol. The highest BCUT2D eigenvalue weighted by atomic mass is 35.5. The zero-order valence-electron chi connectivity index (χ0n) is 7.61. The van der Waals surface area contributed by atoms with E-state index in [-0.39, 0.29) is 17.0 Å². The summed E-state index contributed by atoms with van der Waals surface area (Å²) in [6.07, 6.45) is -4.82. The molecular formula is C8H7ClF3NO2. The molecule has 0 aromatic carbocycles. The first-order chi connectivity index (χ1) is 6.83. The molecule has 0 amide bonds. The molecule has 0 radical (unpaired) electrons. The van der Waals surface area contributed by atoms with Gasteiger partial charge in [-0.15, -0.1) is 24.8 Å². The summed E-state index contributed by atoms with van der Waals surface area (Å²) in [5, 5.41) is 0. The van der Waals surface area contributed by atoms with Gasteiger partial charge in [0.25, 0.3) is 5.56 Å². The summed E-state index contributed by atoms with van der Waals surface area (Å²) < 4.78 is 39.2. The summed E-state index contributed by atoms with van der Waals surface area (Å²) in [5.41, 5.74) is -0.318. The van der Waals surface area contributed by atoms with Gasteiger partial charge in [-0.1, -0.05) is 0 Å². The van der Waals surface area contributed by atoms with Crippen molar-refractivity contribution in [3.05, 3.63) is 27.5 Å². The molecule has 0 aliphatic carbocycles. The van der Waals surface area contributed by atoms with Crippen molar-refractivity contribution < 1.29 is 17.9 Å². The molecule has 0 spiro atoms. The van der Waals surface area contributed by atoms with Gasteiger partial charge in [0.15, 0.2) is 0 Å². The smallest absolute Gasteiger partial charge is 0.390 e. The topological polar surface area (TPSA) is 42.1 Å². The van der Waals surface area contributed by atoms with Crippen molar-refractivity contribution in [3.63, 3.8) is 0 Å². The highest BCUT2D eigenvalue weighted by molar-refractivity contribution is 6.17. The Bertz CT molecular complexity index is 413. The van der Waals surface area contributed by atoms with Crippen LogP contribution in [-0.2, 0) is 5.88 Å². The van der Waals surface area contributed by atoms with Crippen LogP contribution < -0.4 is 10.3 Å². The highest BCUT2D eigenvalue weighted by Crippen LogP contribution is 2.23. The number of pyridine rings is 1. The van der Waals surface area contributed by atoms with Crippen molar-refractivity contribution in [3.8, 4) is 5.88 Å². The molecule has 1 aromatic rings. The number of aryl methyl sites for hydroxylation is 1. The molecular weight excluding hydrogens is 235 g/mol. The van der Waals surface area contributed by atoms with Gasteiger partial charge in [0.2, 0.25) is 5.88 Å². The molecule has 1 aromatic heterocycles. The molecule has 0 aliphatic rings. The normalized spacial score (nSPS) is 11.5. The Balaban J connectivity index is 3.11. The molecule has 0 saturated heterocycles. The monoisotopic (exact) mass is 241 g/mol. The van der Waals surface area contributed by atoms with Crippen LogP contribution in [0, 0.1) is 6.92 Å². The van der Waals surface area contributed by atoms with E-state index in [0.717, 1.165) is 0 Å². The molecule has 15 heavy (non-hydrogen) atoms. The molecule has 0 unspecified atom stereocenters. The van der Waals surface area contributed by atoms with Crippen molar-refractivity contribution >= 4 is 11.6 Å². The standard InChI is InChI=1S/C8H7ClF3NO2/c1-4-2-5(3-9)6(14)13-7(4)15-8(10,11)12/h2H,3H2,1H3,(H,13,14). The molecule has 3 nitrogen and oxygen atoms in total. The fourth-order valence-electron chi connectivity index (χ4n) is 0.995. The Morgan fingerprint density at radius 1 is 1.53 bits per heavy atom. The van der Waals surface area contributed by atoms with Gasteiger partial charge < -0.3 is 4.74 Å². The summed E-state index contributed by atoms with van der Waals surface area (Å²) >= 11 is 5.41. The quantitative estimate of drug-likeness (QED) is 0.808. The van der Waals surface area contributed by atoms with Crippen LogP contribution in [0.15, 0.2) is 10.9 Å². The van der Waals surface area contributed by atoms with Crippen molar-refractivity contribution in [2.24, 2.45) is 0 Å². The number of alkyl halides is 4. The molecule has 1 heterocycles. The Hall–Kier alpha value is -1.17. The van der Waals surface area contributed by atoms with E-state index in [2.05, 4.69) is 4.74 Å². The van der Waals surface area contributed by atoms with E-state index in [0.29, 0.717) is 0 Å². The molecule has 84 valence electrons. The summed E-state index contributed by atoms with van der Waals surface area (Å²) in [4.78, 5) is 13.1. The van der Waals surface area contributed by atoms with Crippen LogP contribution in [0.4, 0.5) is 13.2 Å². The Morgan fingerprint density at radius 3 is 2.60 bits per heavy atom. The third-order valence-corrected chi connectivity index (χ3v) is 1.92. The maximum absolute atomic E-state index is 11.9. The molecule has 0 atom stereocenters. The Morgan fingerprint density at radius 2 is 2.13 bits per heavy atom. The molecule has 0 bridgehead atoms. The fourth-order valence-corrected chi connectivity index (χ4v) is 1.19. The van der Waals surface area contributed by atoms with Gasteiger partial charge in [0.05, 0.1) is 5.88 Å². The van der Waals surface area contributed by atoms with Crippen LogP contribution >= 0.6 is 11.6 Å². The molecule has 0 fully saturated rings. The number of nitrogens with one attached hydrogen (secondary N) is 1. The number of aromatic nitrogens is 1. The first kappa shape index (κ1) is 11.9. The van der Waals surface area contributed by atoms with E-state index in [4.69, 9.17) is 11.6 Å². The van der Waals surface area contributed by atoms with Gasteiger partial charge >= 0.3 is 6.36 Å². The minimum Gasteiger partial charge on any atom is -0.390 e. The summed E-state index contributed by atoms with van der Waals surface area (Å²) in [7, 11) is 0. The molecule has 0 saturated carbocycles. The third-order valence-electron chi connectivity index (χ3n) is 1.63. The van der Waals surface area contributed by atoms with Gasteiger partial charge in [0.1, 0.15) is 0 Å². The van der Waals surface area contributed by atoms with Crippen LogP contribution in [0.3, 0.4) is 0 Å².